The van der Waals surface area contributed by atoms with E-state index in [1.807, 2.05) is 25.3 Å². The van der Waals surface area contributed by atoms with Gasteiger partial charge in [0.2, 0.25) is 0 Å². The first-order valence-electron chi connectivity index (χ1n) is 3.44. The van der Waals surface area contributed by atoms with Gasteiger partial charge in [0.25, 0.3) is 0 Å². The van der Waals surface area contributed by atoms with Crippen molar-refractivity contribution in [2.45, 2.75) is 6.04 Å². The van der Waals surface area contributed by atoms with Crippen molar-refractivity contribution in [3.63, 3.8) is 0 Å². The zero-order valence-electron chi connectivity index (χ0n) is 6.83. The van der Waals surface area contributed by atoms with Gasteiger partial charge >= 0.3 is 0 Å². The minimum atomic E-state index is 0.207. The van der Waals surface area contributed by atoms with E-state index in [2.05, 4.69) is 23.6 Å². The summed E-state index contributed by atoms with van der Waals surface area (Å²) in [7, 11) is 1.88. The van der Waals surface area contributed by atoms with Crippen LogP contribution in [0.2, 0.25) is 0 Å². The molecule has 0 radical (unpaired) electrons. The second kappa shape index (κ2) is 6.96. The van der Waals surface area contributed by atoms with Crippen LogP contribution in [-0.2, 0) is 0 Å². The molecule has 0 amide bonds. The molecule has 0 heterocycles. The number of hydrogen-bond acceptors (Lipinski definition) is 2. The van der Waals surface area contributed by atoms with Gasteiger partial charge in [0.05, 0.1) is 0 Å². The maximum absolute atomic E-state index is 3.60. The smallest absolute Gasteiger partial charge is 0.0454 e. The van der Waals surface area contributed by atoms with E-state index in [9.17, 15) is 0 Å². The van der Waals surface area contributed by atoms with Crippen LogP contribution < -0.4 is 5.32 Å². The molecule has 0 aliphatic rings. The van der Waals surface area contributed by atoms with E-state index in [1.54, 1.807) is 12.3 Å². The summed E-state index contributed by atoms with van der Waals surface area (Å²) >= 11 is 0. The first-order chi connectivity index (χ1) is 5.35. The van der Waals surface area contributed by atoms with E-state index < -0.39 is 0 Å². The number of nitrogens with one attached hydrogen (secondary N) is 1. The van der Waals surface area contributed by atoms with E-state index in [0.29, 0.717) is 0 Å². The minimum absolute atomic E-state index is 0.207. The highest BCUT2D eigenvalue weighted by atomic mass is 14.8. The van der Waals surface area contributed by atoms with Gasteiger partial charge in [-0.05, 0) is 19.8 Å². The molecule has 0 aromatic carbocycles. The van der Waals surface area contributed by atoms with E-state index >= 15 is 0 Å². The van der Waals surface area contributed by atoms with Crippen molar-refractivity contribution in [2.24, 2.45) is 4.99 Å². The summed E-state index contributed by atoms with van der Waals surface area (Å²) in [6.45, 7) is 6.91. The molecule has 0 fully saturated rings. The predicted octanol–water partition coefficient (Wildman–Crippen LogP) is 1.53. The molecule has 0 aromatic heterocycles. The van der Waals surface area contributed by atoms with E-state index in [-0.39, 0.29) is 6.04 Å². The molecule has 0 saturated heterocycles. The lowest BCUT2D eigenvalue weighted by molar-refractivity contribution is 0.789. The maximum Gasteiger partial charge on any atom is 0.0454 e. The lowest BCUT2D eigenvalue weighted by Crippen LogP contribution is -2.19. The Morgan fingerprint density at radius 3 is 2.64 bits per heavy atom. The van der Waals surface area contributed by atoms with Gasteiger partial charge in [0.1, 0.15) is 0 Å². The summed E-state index contributed by atoms with van der Waals surface area (Å²) in [6.07, 6.45) is 9.17. The molecule has 0 saturated carbocycles. The molecule has 0 rings (SSSR count). The van der Waals surface area contributed by atoms with Gasteiger partial charge in [-0.2, -0.15) is 0 Å². The van der Waals surface area contributed by atoms with Crippen LogP contribution in [0.1, 0.15) is 0 Å². The normalized spacial score (nSPS) is 13.9. The summed E-state index contributed by atoms with van der Waals surface area (Å²) in [4.78, 5) is 3.60. The van der Waals surface area contributed by atoms with Crippen LogP contribution in [0.3, 0.4) is 0 Å². The summed E-state index contributed by atoms with van der Waals surface area (Å²) in [5, 5.41) is 3.06. The lowest BCUT2D eigenvalue weighted by atomic mass is 10.2. The Hall–Kier alpha value is -1.15. The first kappa shape index (κ1) is 9.85. The van der Waals surface area contributed by atoms with Crippen molar-refractivity contribution in [1.29, 1.82) is 0 Å². The van der Waals surface area contributed by atoms with E-state index in [0.717, 1.165) is 0 Å². The van der Waals surface area contributed by atoms with Gasteiger partial charge in [-0.3, -0.25) is 4.99 Å². The standard InChI is InChI=1S/C9H14N2/c1-4-5-6-9(11-3)7-8-10-2/h4-9,11H,1-2H2,3H3/b6-5-,8-7-. The Labute approximate surface area is 68.0 Å². The third kappa shape index (κ3) is 5.30. The molecule has 0 aromatic rings. The predicted molar refractivity (Wildman–Crippen MR) is 50.9 cm³/mol. The van der Waals surface area contributed by atoms with E-state index in [4.69, 9.17) is 0 Å². The second-order valence-electron chi connectivity index (χ2n) is 1.96. The van der Waals surface area contributed by atoms with Gasteiger partial charge < -0.3 is 5.32 Å². The topological polar surface area (TPSA) is 24.4 Å². The fourth-order valence-electron chi connectivity index (χ4n) is 0.608. The summed E-state index contributed by atoms with van der Waals surface area (Å²) < 4.78 is 0. The zero-order valence-corrected chi connectivity index (χ0v) is 6.83. The van der Waals surface area contributed by atoms with Crippen molar-refractivity contribution >= 4 is 6.72 Å². The summed E-state index contributed by atoms with van der Waals surface area (Å²) in [6, 6.07) is 0.207. The molecule has 0 bridgehead atoms. The minimum Gasteiger partial charge on any atom is -0.310 e. The van der Waals surface area contributed by atoms with Crippen LogP contribution in [-0.4, -0.2) is 19.8 Å². The number of hydrogen-bond donors (Lipinski definition) is 1. The molecule has 60 valence electrons. The molecule has 2 nitrogen and oxygen atoms in total. The number of allylic oxidation sites excluding steroid dienone is 2. The van der Waals surface area contributed by atoms with Crippen molar-refractivity contribution in [3.05, 3.63) is 37.1 Å². The highest BCUT2D eigenvalue weighted by Crippen LogP contribution is 1.89. The molecule has 1 atom stereocenters. The van der Waals surface area contributed by atoms with Gasteiger partial charge in [-0.15, -0.1) is 0 Å². The number of nitrogens with zero attached hydrogens (tertiary/aromatic N) is 1. The molecule has 0 aliphatic heterocycles. The fourth-order valence-corrected chi connectivity index (χ4v) is 0.608. The Morgan fingerprint density at radius 1 is 1.45 bits per heavy atom. The molecule has 11 heavy (non-hydrogen) atoms. The average molecular weight is 150 g/mol. The molecular formula is C9H14N2. The monoisotopic (exact) mass is 150 g/mol. The van der Waals surface area contributed by atoms with Crippen LogP contribution in [0.25, 0.3) is 0 Å². The Kier molecular flexibility index (Phi) is 6.24. The van der Waals surface area contributed by atoms with E-state index in [1.165, 1.54) is 0 Å². The molecule has 0 aliphatic carbocycles. The van der Waals surface area contributed by atoms with Gasteiger partial charge in [-0.1, -0.05) is 24.8 Å². The fraction of sp³-hybridized carbons (Fsp3) is 0.222. The first-order valence-corrected chi connectivity index (χ1v) is 3.44. The van der Waals surface area contributed by atoms with Crippen molar-refractivity contribution < 1.29 is 0 Å². The average Bonchev–Trinajstić information content (AvgIpc) is 2.05. The van der Waals surface area contributed by atoms with Crippen LogP contribution in [0.5, 0.6) is 0 Å². The molecule has 2 heteroatoms. The van der Waals surface area contributed by atoms with Crippen molar-refractivity contribution in [3.8, 4) is 0 Å². The molecule has 0 spiro atoms. The largest absolute Gasteiger partial charge is 0.310 e. The van der Waals surface area contributed by atoms with Crippen molar-refractivity contribution in [1.82, 2.24) is 5.32 Å². The third-order valence-electron chi connectivity index (χ3n) is 1.19. The SMILES string of the molecule is C=C/C=C\C(/C=C\N=C)NC. The number of aliphatic imine (C=N–C) groups is 1. The quantitative estimate of drug-likeness (QED) is 0.466. The highest BCUT2D eigenvalue weighted by molar-refractivity contribution is 5.26. The van der Waals surface area contributed by atoms with Gasteiger partial charge in [0.15, 0.2) is 0 Å². The Bertz CT molecular complexity index is 150. The third-order valence-corrected chi connectivity index (χ3v) is 1.19. The van der Waals surface area contributed by atoms with Crippen LogP contribution in [0.15, 0.2) is 42.1 Å². The number of rotatable bonds is 5. The summed E-state index contributed by atoms with van der Waals surface area (Å²) in [5.41, 5.74) is 0. The highest BCUT2D eigenvalue weighted by Gasteiger charge is 1.90. The molecule has 1 N–H and O–H groups in total. The summed E-state index contributed by atoms with van der Waals surface area (Å²) in [5.74, 6) is 0. The number of likely N-dealkylation sites (N-methyl/N-ethyl adjacent to an activating group) is 1. The van der Waals surface area contributed by atoms with Crippen molar-refractivity contribution in [2.75, 3.05) is 7.05 Å². The van der Waals surface area contributed by atoms with Crippen LogP contribution in [0.4, 0.5) is 0 Å². The Balaban J connectivity index is 3.93. The second-order valence-corrected chi connectivity index (χ2v) is 1.96. The van der Waals surface area contributed by atoms with Crippen LogP contribution in [0, 0.1) is 0 Å². The molecular weight excluding hydrogens is 136 g/mol. The zero-order chi connectivity index (χ0) is 8.53. The Morgan fingerprint density at radius 2 is 2.18 bits per heavy atom. The van der Waals surface area contributed by atoms with Crippen LogP contribution >= 0.6 is 0 Å². The van der Waals surface area contributed by atoms with Gasteiger partial charge in [-0.25, -0.2) is 0 Å². The maximum atomic E-state index is 3.60. The lowest BCUT2D eigenvalue weighted by Gasteiger charge is -2.02. The van der Waals surface area contributed by atoms with Gasteiger partial charge in [0, 0.05) is 12.2 Å². The molecule has 1 unspecified atom stereocenters.